The summed E-state index contributed by atoms with van der Waals surface area (Å²) in [5, 5.41) is 0. The molecule has 0 spiro atoms. The van der Waals surface area contributed by atoms with E-state index in [4.69, 9.17) is 9.47 Å². The normalized spacial score (nSPS) is 32.5. The molecule has 0 bridgehead atoms. The van der Waals surface area contributed by atoms with Crippen molar-refractivity contribution in [2.75, 3.05) is 0 Å². The predicted octanol–water partition coefficient (Wildman–Crippen LogP) is 2.30. The highest BCUT2D eigenvalue weighted by molar-refractivity contribution is 5.77. The molecule has 90 valence electrons. The first-order chi connectivity index (χ1) is 8.17. The van der Waals surface area contributed by atoms with E-state index in [1.165, 1.54) is 0 Å². The van der Waals surface area contributed by atoms with Crippen molar-refractivity contribution in [1.82, 2.24) is 0 Å². The molecule has 1 aromatic carbocycles. The van der Waals surface area contributed by atoms with Crippen LogP contribution in [-0.4, -0.2) is 17.9 Å². The highest BCUT2D eigenvalue weighted by atomic mass is 16.8. The second kappa shape index (κ2) is 3.84. The molecule has 1 heterocycles. The topological polar surface area (TPSA) is 35.5 Å². The van der Waals surface area contributed by atoms with E-state index in [2.05, 4.69) is 0 Å². The molecule has 0 aromatic heterocycles. The molecule has 2 aliphatic rings. The smallest absolute Gasteiger partial charge is 0.338 e. The lowest BCUT2D eigenvalue weighted by Gasteiger charge is -2.21. The van der Waals surface area contributed by atoms with Crippen LogP contribution in [0.5, 0.6) is 0 Å². The molecule has 0 amide bonds. The molecule has 0 radical (unpaired) electrons. The zero-order valence-electron chi connectivity index (χ0n) is 9.89. The minimum absolute atomic E-state index is 0.219. The van der Waals surface area contributed by atoms with Crippen LogP contribution in [0.2, 0.25) is 0 Å². The Morgan fingerprint density at radius 2 is 2.00 bits per heavy atom. The SMILES string of the molecule is CC1(C2CC2)OC(=O)[C@H](Cc2ccccc2)O1. The molecule has 17 heavy (non-hydrogen) atoms. The Morgan fingerprint density at radius 1 is 1.29 bits per heavy atom. The number of ether oxygens (including phenoxy) is 2. The van der Waals surface area contributed by atoms with Crippen LogP contribution in [0.4, 0.5) is 0 Å². The van der Waals surface area contributed by atoms with Crippen LogP contribution < -0.4 is 0 Å². The van der Waals surface area contributed by atoms with Gasteiger partial charge < -0.3 is 9.47 Å². The fourth-order valence-corrected chi connectivity index (χ4v) is 2.36. The maximum Gasteiger partial charge on any atom is 0.338 e. The molecule has 1 aliphatic heterocycles. The molecule has 3 nitrogen and oxygen atoms in total. The van der Waals surface area contributed by atoms with Gasteiger partial charge in [0.2, 0.25) is 5.79 Å². The number of cyclic esters (lactones) is 1. The highest BCUT2D eigenvalue weighted by Crippen LogP contribution is 2.46. The van der Waals surface area contributed by atoms with Gasteiger partial charge in [-0.25, -0.2) is 4.79 Å². The highest BCUT2D eigenvalue weighted by Gasteiger charge is 2.53. The zero-order chi connectivity index (χ0) is 11.9. The minimum Gasteiger partial charge on any atom is -0.431 e. The number of benzene rings is 1. The van der Waals surface area contributed by atoms with Crippen LogP contribution in [0.1, 0.15) is 25.3 Å². The fraction of sp³-hybridized carbons (Fsp3) is 0.500. The fourth-order valence-electron chi connectivity index (χ4n) is 2.36. The Kier molecular flexibility index (Phi) is 2.44. The van der Waals surface area contributed by atoms with Crippen LogP contribution in [0.3, 0.4) is 0 Å². The second-order valence-corrected chi connectivity index (χ2v) is 5.01. The van der Waals surface area contributed by atoms with Gasteiger partial charge in [-0.1, -0.05) is 30.3 Å². The Balaban J connectivity index is 1.70. The molecule has 3 heteroatoms. The van der Waals surface area contributed by atoms with Crippen molar-refractivity contribution >= 4 is 5.97 Å². The average molecular weight is 232 g/mol. The average Bonchev–Trinajstić information content (AvgIpc) is 3.10. The molecular weight excluding hydrogens is 216 g/mol. The summed E-state index contributed by atoms with van der Waals surface area (Å²) in [7, 11) is 0. The van der Waals surface area contributed by atoms with Gasteiger partial charge in [0, 0.05) is 19.3 Å². The third-order valence-electron chi connectivity index (χ3n) is 3.53. The summed E-state index contributed by atoms with van der Waals surface area (Å²) in [6.07, 6.45) is 2.36. The molecular formula is C14H16O3. The Hall–Kier alpha value is -1.35. The minimum atomic E-state index is -0.670. The number of rotatable bonds is 3. The summed E-state index contributed by atoms with van der Waals surface area (Å²) in [6, 6.07) is 9.91. The van der Waals surface area contributed by atoms with Crippen molar-refractivity contribution in [3.8, 4) is 0 Å². The largest absolute Gasteiger partial charge is 0.431 e. The summed E-state index contributed by atoms with van der Waals surface area (Å²) in [5.41, 5.74) is 1.11. The third-order valence-corrected chi connectivity index (χ3v) is 3.53. The van der Waals surface area contributed by atoms with E-state index in [1.54, 1.807) is 0 Å². The number of carbonyl (C=O) groups excluding carboxylic acids is 1. The molecule has 1 saturated heterocycles. The van der Waals surface area contributed by atoms with Crippen LogP contribution in [0, 0.1) is 5.92 Å². The van der Waals surface area contributed by atoms with E-state index in [0.29, 0.717) is 12.3 Å². The van der Waals surface area contributed by atoms with Crippen LogP contribution in [-0.2, 0) is 20.7 Å². The number of hydrogen-bond donors (Lipinski definition) is 0. The molecule has 2 atom stereocenters. The maximum atomic E-state index is 11.8. The van der Waals surface area contributed by atoms with Gasteiger partial charge in [-0.2, -0.15) is 0 Å². The molecule has 1 aliphatic carbocycles. The monoisotopic (exact) mass is 232 g/mol. The molecule has 3 rings (SSSR count). The Labute approximate surface area is 101 Å². The number of carbonyl (C=O) groups is 1. The Bertz CT molecular complexity index is 424. The second-order valence-electron chi connectivity index (χ2n) is 5.01. The van der Waals surface area contributed by atoms with Gasteiger partial charge in [0.25, 0.3) is 0 Å². The van der Waals surface area contributed by atoms with E-state index in [-0.39, 0.29) is 5.97 Å². The van der Waals surface area contributed by atoms with Gasteiger partial charge in [0.1, 0.15) is 0 Å². The van der Waals surface area contributed by atoms with Gasteiger partial charge in [-0.05, 0) is 18.4 Å². The van der Waals surface area contributed by atoms with Crippen molar-refractivity contribution in [1.29, 1.82) is 0 Å². The van der Waals surface area contributed by atoms with Crippen molar-refractivity contribution in [3.63, 3.8) is 0 Å². The first-order valence-corrected chi connectivity index (χ1v) is 6.12. The van der Waals surface area contributed by atoms with E-state index in [9.17, 15) is 4.79 Å². The number of esters is 1. The molecule has 1 aromatic rings. The van der Waals surface area contributed by atoms with E-state index < -0.39 is 11.9 Å². The summed E-state index contributed by atoms with van der Waals surface area (Å²) in [5.74, 6) is -0.494. The summed E-state index contributed by atoms with van der Waals surface area (Å²) < 4.78 is 11.2. The molecule has 1 saturated carbocycles. The zero-order valence-corrected chi connectivity index (χ0v) is 9.89. The summed E-state index contributed by atoms with van der Waals surface area (Å²) in [4.78, 5) is 11.8. The lowest BCUT2D eigenvalue weighted by molar-refractivity contribution is -0.178. The predicted molar refractivity (Wildman–Crippen MR) is 62.2 cm³/mol. The number of hydrogen-bond acceptors (Lipinski definition) is 3. The quantitative estimate of drug-likeness (QED) is 0.750. The molecule has 0 N–H and O–H groups in total. The summed E-state index contributed by atoms with van der Waals surface area (Å²) >= 11 is 0. The van der Waals surface area contributed by atoms with E-state index in [0.717, 1.165) is 18.4 Å². The van der Waals surface area contributed by atoms with E-state index in [1.807, 2.05) is 37.3 Å². The van der Waals surface area contributed by atoms with Gasteiger partial charge in [-0.3, -0.25) is 0 Å². The van der Waals surface area contributed by atoms with Gasteiger partial charge in [0.05, 0.1) is 0 Å². The van der Waals surface area contributed by atoms with Crippen molar-refractivity contribution < 1.29 is 14.3 Å². The standard InChI is InChI=1S/C14H16O3/c1-14(11-7-8-11)16-12(13(15)17-14)9-10-5-3-2-4-6-10/h2-6,11-12H,7-9H2,1H3/t12-,14?/m0/s1. The van der Waals surface area contributed by atoms with Gasteiger partial charge in [-0.15, -0.1) is 0 Å². The lowest BCUT2D eigenvalue weighted by Crippen LogP contribution is -2.29. The first kappa shape index (κ1) is 10.8. The lowest BCUT2D eigenvalue weighted by atomic mass is 10.1. The van der Waals surface area contributed by atoms with Crippen molar-refractivity contribution in [2.24, 2.45) is 5.92 Å². The van der Waals surface area contributed by atoms with Crippen LogP contribution in [0.15, 0.2) is 30.3 Å². The van der Waals surface area contributed by atoms with Crippen LogP contribution >= 0.6 is 0 Å². The van der Waals surface area contributed by atoms with Gasteiger partial charge >= 0.3 is 5.97 Å². The van der Waals surface area contributed by atoms with Crippen molar-refractivity contribution in [2.45, 2.75) is 38.1 Å². The summed E-state index contributed by atoms with van der Waals surface area (Å²) in [6.45, 7) is 1.88. The first-order valence-electron chi connectivity index (χ1n) is 6.12. The molecule has 2 fully saturated rings. The van der Waals surface area contributed by atoms with E-state index >= 15 is 0 Å². The Morgan fingerprint density at radius 3 is 2.65 bits per heavy atom. The van der Waals surface area contributed by atoms with Crippen molar-refractivity contribution in [3.05, 3.63) is 35.9 Å². The van der Waals surface area contributed by atoms with Crippen LogP contribution in [0.25, 0.3) is 0 Å². The third kappa shape index (κ3) is 2.07. The van der Waals surface area contributed by atoms with Gasteiger partial charge in [0.15, 0.2) is 6.10 Å². The maximum absolute atomic E-state index is 11.8. The molecule has 1 unspecified atom stereocenters.